The Balaban J connectivity index is 1.59. The van der Waals surface area contributed by atoms with Gasteiger partial charge in [0, 0.05) is 20.7 Å². The Kier molecular flexibility index (Phi) is 7.38. The monoisotopic (exact) mass is 555 g/mol. The summed E-state index contributed by atoms with van der Waals surface area (Å²) in [5, 5.41) is 4.43. The SMILES string of the molecule is COc1cc(Br)cc(/C=C2\C(=O)NN(c3ccccc3)C2=O)c1OCC(=O)Nc1ccc(Cl)cc1. The third kappa shape index (κ3) is 5.64. The molecule has 1 heterocycles. The predicted octanol–water partition coefficient (Wildman–Crippen LogP) is 4.59. The van der Waals surface area contributed by atoms with E-state index in [9.17, 15) is 14.4 Å². The molecular formula is C25H19BrClN3O5. The molecule has 0 radical (unpaired) electrons. The minimum absolute atomic E-state index is 0.0931. The van der Waals surface area contributed by atoms with Crippen LogP contribution in [0.15, 0.2) is 76.8 Å². The van der Waals surface area contributed by atoms with Gasteiger partial charge in [0.15, 0.2) is 18.1 Å². The molecule has 10 heteroatoms. The highest BCUT2D eigenvalue weighted by Crippen LogP contribution is 2.37. The largest absolute Gasteiger partial charge is 0.493 e. The number of nitrogens with zero attached hydrogens (tertiary/aromatic N) is 1. The molecule has 3 aromatic rings. The highest BCUT2D eigenvalue weighted by Gasteiger charge is 2.34. The summed E-state index contributed by atoms with van der Waals surface area (Å²) in [5.41, 5.74) is 3.92. The molecule has 0 aromatic heterocycles. The predicted molar refractivity (Wildman–Crippen MR) is 136 cm³/mol. The quantitative estimate of drug-likeness (QED) is 0.328. The molecule has 1 aliphatic rings. The van der Waals surface area contributed by atoms with Crippen LogP contribution in [0.1, 0.15) is 5.56 Å². The maximum absolute atomic E-state index is 13.0. The van der Waals surface area contributed by atoms with Crippen molar-refractivity contribution in [3.63, 3.8) is 0 Å². The van der Waals surface area contributed by atoms with E-state index in [0.29, 0.717) is 32.2 Å². The van der Waals surface area contributed by atoms with E-state index in [1.807, 2.05) is 6.07 Å². The average molecular weight is 557 g/mol. The van der Waals surface area contributed by atoms with E-state index < -0.39 is 17.7 Å². The van der Waals surface area contributed by atoms with E-state index in [1.165, 1.54) is 18.2 Å². The second-order valence-corrected chi connectivity index (χ2v) is 8.70. The number of para-hydroxylation sites is 1. The molecule has 1 aliphatic heterocycles. The standard InChI is InChI=1S/C25H19BrClN3O5/c1-34-21-13-16(26)11-15(23(21)35-14-22(31)28-18-9-7-17(27)8-10-18)12-20-24(32)29-30(25(20)33)19-5-3-2-4-6-19/h2-13H,14H2,1H3,(H,28,31)(H,29,32)/b20-12+. The summed E-state index contributed by atoms with van der Waals surface area (Å²) in [6.07, 6.45) is 1.40. The molecular weight excluding hydrogens is 538 g/mol. The first-order valence-corrected chi connectivity index (χ1v) is 11.5. The summed E-state index contributed by atoms with van der Waals surface area (Å²) in [6.45, 7) is -0.340. The number of carbonyl (C=O) groups excluding carboxylic acids is 3. The molecule has 0 atom stereocenters. The first-order valence-electron chi connectivity index (χ1n) is 10.3. The zero-order valence-electron chi connectivity index (χ0n) is 18.4. The van der Waals surface area contributed by atoms with E-state index in [0.717, 1.165) is 0 Å². The van der Waals surface area contributed by atoms with Crippen LogP contribution in [-0.2, 0) is 14.4 Å². The van der Waals surface area contributed by atoms with Crippen LogP contribution in [0.3, 0.4) is 0 Å². The van der Waals surface area contributed by atoms with E-state index in [2.05, 4.69) is 26.7 Å². The molecule has 3 amide bonds. The molecule has 2 N–H and O–H groups in total. The van der Waals surface area contributed by atoms with Crippen LogP contribution in [0, 0.1) is 0 Å². The normalized spacial score (nSPS) is 14.1. The second kappa shape index (κ2) is 10.6. The lowest BCUT2D eigenvalue weighted by Crippen LogP contribution is -2.35. The number of rotatable bonds is 7. The highest BCUT2D eigenvalue weighted by atomic mass is 79.9. The van der Waals surface area contributed by atoms with Crippen molar-refractivity contribution in [2.75, 3.05) is 24.0 Å². The molecule has 1 saturated heterocycles. The van der Waals surface area contributed by atoms with Crippen molar-refractivity contribution in [2.24, 2.45) is 0 Å². The molecule has 35 heavy (non-hydrogen) atoms. The molecule has 0 saturated carbocycles. The number of hydrazine groups is 1. The van der Waals surface area contributed by atoms with E-state index in [4.69, 9.17) is 21.1 Å². The van der Waals surface area contributed by atoms with Crippen molar-refractivity contribution in [3.8, 4) is 11.5 Å². The van der Waals surface area contributed by atoms with Crippen molar-refractivity contribution in [2.45, 2.75) is 0 Å². The summed E-state index contributed by atoms with van der Waals surface area (Å²) in [4.78, 5) is 38.0. The molecule has 0 bridgehead atoms. The first kappa shape index (κ1) is 24.3. The van der Waals surface area contributed by atoms with E-state index in [-0.39, 0.29) is 17.9 Å². The second-order valence-electron chi connectivity index (χ2n) is 7.35. The van der Waals surface area contributed by atoms with Crippen molar-refractivity contribution in [3.05, 3.63) is 87.4 Å². The third-order valence-electron chi connectivity index (χ3n) is 4.95. The highest BCUT2D eigenvalue weighted by molar-refractivity contribution is 9.10. The maximum Gasteiger partial charge on any atom is 0.282 e. The topological polar surface area (TPSA) is 97.0 Å². The van der Waals surface area contributed by atoms with Gasteiger partial charge >= 0.3 is 0 Å². The van der Waals surface area contributed by atoms with E-state index >= 15 is 0 Å². The fourth-order valence-corrected chi connectivity index (χ4v) is 3.92. The number of anilines is 2. The first-order chi connectivity index (χ1) is 16.9. The number of hydrogen-bond donors (Lipinski definition) is 2. The summed E-state index contributed by atoms with van der Waals surface area (Å²) in [7, 11) is 1.45. The van der Waals surface area contributed by atoms with Crippen molar-refractivity contribution < 1.29 is 23.9 Å². The molecule has 178 valence electrons. The zero-order chi connectivity index (χ0) is 24.9. The Bertz CT molecular complexity index is 1310. The number of benzene rings is 3. The van der Waals surface area contributed by atoms with Crippen LogP contribution < -0.4 is 25.2 Å². The molecule has 8 nitrogen and oxygen atoms in total. The molecule has 3 aromatic carbocycles. The van der Waals surface area contributed by atoms with Gasteiger partial charge in [-0.1, -0.05) is 45.7 Å². The van der Waals surface area contributed by atoms with Crippen LogP contribution in [0.5, 0.6) is 11.5 Å². The van der Waals surface area contributed by atoms with Crippen molar-refractivity contribution in [1.29, 1.82) is 0 Å². The van der Waals surface area contributed by atoms with Gasteiger partial charge in [0.1, 0.15) is 5.57 Å². The molecule has 1 fully saturated rings. The molecule has 0 aliphatic carbocycles. The minimum atomic E-state index is -0.566. The van der Waals surface area contributed by atoms with Gasteiger partial charge in [0.25, 0.3) is 17.7 Å². The molecule has 0 spiro atoms. The summed E-state index contributed by atoms with van der Waals surface area (Å²) in [5.74, 6) is -0.985. The zero-order valence-corrected chi connectivity index (χ0v) is 20.7. The van der Waals surface area contributed by atoms with Gasteiger partial charge in [-0.2, -0.15) is 0 Å². The summed E-state index contributed by atoms with van der Waals surface area (Å²) >= 11 is 9.27. The number of methoxy groups -OCH3 is 1. The van der Waals surface area contributed by atoms with Crippen LogP contribution in [0.25, 0.3) is 6.08 Å². The number of halogens is 2. The fraction of sp³-hybridized carbons (Fsp3) is 0.0800. The molecule has 0 unspecified atom stereocenters. The number of ether oxygens (including phenoxy) is 2. The maximum atomic E-state index is 13.0. The molecule has 4 rings (SSSR count). The Hall–Kier alpha value is -3.82. The number of hydrogen-bond acceptors (Lipinski definition) is 5. The van der Waals surface area contributed by atoms with Gasteiger partial charge in [-0.15, -0.1) is 0 Å². The smallest absolute Gasteiger partial charge is 0.282 e. The van der Waals surface area contributed by atoms with Gasteiger partial charge in [-0.25, -0.2) is 5.01 Å². The lowest BCUT2D eigenvalue weighted by molar-refractivity contribution is -0.118. The average Bonchev–Trinajstić information content (AvgIpc) is 3.13. The van der Waals surface area contributed by atoms with Gasteiger partial charge in [0.05, 0.1) is 12.8 Å². The van der Waals surface area contributed by atoms with E-state index in [1.54, 1.807) is 60.7 Å². The number of amides is 3. The lowest BCUT2D eigenvalue weighted by Gasteiger charge is -2.15. The van der Waals surface area contributed by atoms with Crippen LogP contribution in [0.2, 0.25) is 5.02 Å². The van der Waals surface area contributed by atoms with Crippen LogP contribution >= 0.6 is 27.5 Å². The third-order valence-corrected chi connectivity index (χ3v) is 5.66. The van der Waals surface area contributed by atoms with Crippen molar-refractivity contribution in [1.82, 2.24) is 5.43 Å². The Morgan fingerprint density at radius 1 is 1.11 bits per heavy atom. The summed E-state index contributed by atoms with van der Waals surface area (Å²) < 4.78 is 11.8. The fourth-order valence-electron chi connectivity index (χ4n) is 3.34. The Morgan fingerprint density at radius 2 is 1.83 bits per heavy atom. The van der Waals surface area contributed by atoms with Gasteiger partial charge in [0.2, 0.25) is 0 Å². The Morgan fingerprint density at radius 3 is 2.51 bits per heavy atom. The minimum Gasteiger partial charge on any atom is -0.493 e. The Labute approximate surface area is 214 Å². The van der Waals surface area contributed by atoms with Crippen LogP contribution in [0.4, 0.5) is 11.4 Å². The van der Waals surface area contributed by atoms with Gasteiger partial charge in [-0.3, -0.25) is 19.8 Å². The number of carbonyl (C=O) groups is 3. The summed E-state index contributed by atoms with van der Waals surface area (Å²) in [6, 6.07) is 18.7. The van der Waals surface area contributed by atoms with Gasteiger partial charge < -0.3 is 14.8 Å². The van der Waals surface area contributed by atoms with Gasteiger partial charge in [-0.05, 0) is 54.6 Å². The van der Waals surface area contributed by atoms with Crippen molar-refractivity contribution >= 4 is 62.7 Å². The lowest BCUT2D eigenvalue weighted by atomic mass is 10.1. The number of nitrogens with one attached hydrogen (secondary N) is 2. The van der Waals surface area contributed by atoms with Crippen LogP contribution in [-0.4, -0.2) is 31.4 Å².